The molecule has 0 bridgehead atoms. The van der Waals surface area contributed by atoms with Crippen LogP contribution >= 0.6 is 0 Å². The number of carbonyl (C=O) groups excluding carboxylic acids is 1. The number of hydrogen-bond acceptors (Lipinski definition) is 3. The van der Waals surface area contributed by atoms with Gasteiger partial charge in [0.15, 0.2) is 14.1 Å². The Bertz CT molecular complexity index is 648. The zero-order valence-electron chi connectivity index (χ0n) is 30.1. The topological polar surface area (TPSA) is 35.5 Å². The molecule has 0 aliphatic heterocycles. The zero-order valence-corrected chi connectivity index (χ0v) is 32.1. The first-order chi connectivity index (χ1) is 20.0. The molecule has 0 saturated carbocycles. The van der Waals surface area contributed by atoms with E-state index in [-0.39, 0.29) is 5.78 Å². The van der Waals surface area contributed by atoms with Gasteiger partial charge in [-0.05, 0) is 65.0 Å². The quantitative estimate of drug-likeness (QED) is 0.0333. The maximum absolute atomic E-state index is 12.7. The predicted molar refractivity (Wildman–Crippen MR) is 193 cm³/mol. The van der Waals surface area contributed by atoms with Gasteiger partial charge in [-0.3, -0.25) is 4.79 Å². The van der Waals surface area contributed by atoms with Crippen LogP contribution < -0.4 is 0 Å². The average Bonchev–Trinajstić information content (AvgIpc) is 2.89. The van der Waals surface area contributed by atoms with Gasteiger partial charge in [-0.2, -0.15) is 0 Å². The van der Waals surface area contributed by atoms with Crippen molar-refractivity contribution in [3.05, 3.63) is 11.8 Å². The number of unbranched alkanes of at least 4 members (excludes halogenated alkanes) is 18. The second-order valence-electron chi connectivity index (χ2n) is 14.9. The molecule has 1 unspecified atom stereocenters. The minimum absolute atomic E-state index is 0.265. The molecule has 0 saturated heterocycles. The highest BCUT2D eigenvalue weighted by atomic mass is 28.4. The van der Waals surface area contributed by atoms with Crippen LogP contribution in [0.25, 0.3) is 0 Å². The number of hydrogen-bond donors (Lipinski definition) is 0. The Hall–Kier alpha value is -0.396. The predicted octanol–water partition coefficient (Wildman–Crippen LogP) is 13.3. The summed E-state index contributed by atoms with van der Waals surface area (Å²) in [4.78, 5) is 12.7. The summed E-state index contributed by atoms with van der Waals surface area (Å²) in [6, 6.07) is 0. The van der Waals surface area contributed by atoms with Gasteiger partial charge < -0.3 is 8.85 Å². The molecule has 0 aromatic rings. The molecule has 0 aromatic carbocycles. The Morgan fingerprint density at radius 3 is 1.33 bits per heavy atom. The lowest BCUT2D eigenvalue weighted by atomic mass is 10.0. The normalized spacial score (nSPS) is 13.5. The summed E-state index contributed by atoms with van der Waals surface area (Å²) < 4.78 is 12.8. The zero-order chi connectivity index (χ0) is 31.5. The molecule has 0 fully saturated rings. The molecule has 0 radical (unpaired) electrons. The van der Waals surface area contributed by atoms with Crippen molar-refractivity contribution in [3.8, 4) is 0 Å². The first-order valence-electron chi connectivity index (χ1n) is 18.6. The van der Waals surface area contributed by atoms with Gasteiger partial charge in [0.1, 0.15) is 0 Å². The third kappa shape index (κ3) is 31.0. The SMILES string of the molecule is CCCCCCCCCCCCC/C(=C/C(=O)CCCCCCCCC(CCCCCC)O[Si](C)(C)C)O[Si](C)(C)C. The number of rotatable bonds is 31. The van der Waals surface area contributed by atoms with E-state index in [4.69, 9.17) is 8.85 Å². The first-order valence-corrected chi connectivity index (χ1v) is 25.4. The summed E-state index contributed by atoms with van der Waals surface area (Å²) >= 11 is 0. The molecule has 1 atom stereocenters. The van der Waals surface area contributed by atoms with Gasteiger partial charge in [0, 0.05) is 25.0 Å². The van der Waals surface area contributed by atoms with Gasteiger partial charge >= 0.3 is 0 Å². The highest BCUT2D eigenvalue weighted by molar-refractivity contribution is 6.70. The van der Waals surface area contributed by atoms with Crippen LogP contribution in [0.5, 0.6) is 0 Å². The summed E-state index contributed by atoms with van der Waals surface area (Å²) in [5, 5.41) is 0. The first kappa shape index (κ1) is 41.6. The standard InChI is InChI=1S/C37H76O3Si2/c1-9-11-13-15-16-17-18-19-20-25-29-33-37(40-42(6,7)8)34-35(38)30-26-23-21-22-24-28-32-36(39-41(3,4)5)31-27-14-12-10-2/h34,36H,9-33H2,1-8H3/b37-34-. The van der Waals surface area contributed by atoms with E-state index < -0.39 is 16.6 Å². The average molecular weight is 625 g/mol. The molecule has 250 valence electrons. The van der Waals surface area contributed by atoms with Gasteiger partial charge in [-0.25, -0.2) is 0 Å². The van der Waals surface area contributed by atoms with Crippen LogP contribution in [0.3, 0.4) is 0 Å². The van der Waals surface area contributed by atoms with Crippen molar-refractivity contribution in [1.29, 1.82) is 0 Å². The van der Waals surface area contributed by atoms with E-state index in [0.717, 1.165) is 31.4 Å². The van der Waals surface area contributed by atoms with Crippen LogP contribution in [0.1, 0.15) is 174 Å². The van der Waals surface area contributed by atoms with Crippen molar-refractivity contribution in [2.45, 2.75) is 220 Å². The molecule has 0 heterocycles. The fourth-order valence-corrected chi connectivity index (χ4v) is 7.88. The molecule has 0 aliphatic rings. The van der Waals surface area contributed by atoms with Crippen LogP contribution in [0, 0.1) is 0 Å². The highest BCUT2D eigenvalue weighted by Crippen LogP contribution is 2.21. The van der Waals surface area contributed by atoms with Gasteiger partial charge in [0.2, 0.25) is 8.32 Å². The molecular formula is C37H76O3Si2. The van der Waals surface area contributed by atoms with Crippen LogP contribution in [0.2, 0.25) is 39.3 Å². The van der Waals surface area contributed by atoms with E-state index in [0.29, 0.717) is 12.5 Å². The Morgan fingerprint density at radius 1 is 0.524 bits per heavy atom. The monoisotopic (exact) mass is 625 g/mol. The lowest BCUT2D eigenvalue weighted by molar-refractivity contribution is -0.114. The lowest BCUT2D eigenvalue weighted by Crippen LogP contribution is -2.32. The van der Waals surface area contributed by atoms with Crippen LogP contribution in [0.4, 0.5) is 0 Å². The van der Waals surface area contributed by atoms with E-state index in [2.05, 4.69) is 53.1 Å². The molecule has 42 heavy (non-hydrogen) atoms. The lowest BCUT2D eigenvalue weighted by Gasteiger charge is -2.26. The minimum Gasteiger partial charge on any atom is -0.547 e. The molecule has 3 nitrogen and oxygen atoms in total. The van der Waals surface area contributed by atoms with Gasteiger partial charge in [0.05, 0.1) is 5.76 Å². The fraction of sp³-hybridized carbons (Fsp3) is 0.919. The van der Waals surface area contributed by atoms with Crippen LogP contribution in [-0.2, 0) is 13.6 Å². The maximum atomic E-state index is 12.7. The Morgan fingerprint density at radius 2 is 0.905 bits per heavy atom. The second-order valence-corrected chi connectivity index (χ2v) is 23.8. The third-order valence-corrected chi connectivity index (χ3v) is 9.80. The van der Waals surface area contributed by atoms with Gasteiger partial charge in [0.25, 0.3) is 0 Å². The Balaban J connectivity index is 4.16. The molecule has 0 amide bonds. The highest BCUT2D eigenvalue weighted by Gasteiger charge is 2.21. The van der Waals surface area contributed by atoms with Crippen molar-refractivity contribution >= 4 is 22.4 Å². The summed E-state index contributed by atoms with van der Waals surface area (Å²) in [7, 11) is -3.18. The largest absolute Gasteiger partial charge is 0.547 e. The summed E-state index contributed by atoms with van der Waals surface area (Å²) in [5.74, 6) is 1.22. The van der Waals surface area contributed by atoms with Crippen molar-refractivity contribution in [3.63, 3.8) is 0 Å². The summed E-state index contributed by atoms with van der Waals surface area (Å²) in [5.41, 5.74) is 0. The number of carbonyl (C=O) groups is 1. The third-order valence-electron chi connectivity index (χ3n) is 7.89. The molecule has 0 N–H and O–H groups in total. The molecule has 0 rings (SSSR count). The molecule has 0 aliphatic carbocycles. The van der Waals surface area contributed by atoms with E-state index in [1.54, 1.807) is 0 Å². The van der Waals surface area contributed by atoms with Gasteiger partial charge in [-0.15, -0.1) is 0 Å². The fourth-order valence-electron chi connectivity index (χ4n) is 5.70. The maximum Gasteiger partial charge on any atom is 0.241 e. The van der Waals surface area contributed by atoms with Crippen LogP contribution in [0.15, 0.2) is 11.8 Å². The van der Waals surface area contributed by atoms with Crippen molar-refractivity contribution < 1.29 is 13.6 Å². The smallest absolute Gasteiger partial charge is 0.241 e. The van der Waals surface area contributed by atoms with Gasteiger partial charge in [-0.1, -0.05) is 136 Å². The summed E-state index contributed by atoms with van der Waals surface area (Å²) in [6.07, 6.45) is 33.8. The van der Waals surface area contributed by atoms with Crippen molar-refractivity contribution in [2.75, 3.05) is 0 Å². The molecule has 0 aromatic heterocycles. The molecule has 0 spiro atoms. The van der Waals surface area contributed by atoms with Crippen molar-refractivity contribution in [2.24, 2.45) is 0 Å². The van der Waals surface area contributed by atoms with E-state index in [9.17, 15) is 4.79 Å². The van der Waals surface area contributed by atoms with E-state index >= 15 is 0 Å². The van der Waals surface area contributed by atoms with Crippen LogP contribution in [-0.4, -0.2) is 28.5 Å². The van der Waals surface area contributed by atoms with E-state index in [1.165, 1.54) is 128 Å². The second kappa shape index (κ2) is 27.0. The molecule has 5 heteroatoms. The Kier molecular flexibility index (Phi) is 26.7. The molecular weight excluding hydrogens is 549 g/mol. The van der Waals surface area contributed by atoms with E-state index in [1.807, 2.05) is 6.08 Å². The number of allylic oxidation sites excluding steroid dienone is 2. The summed E-state index contributed by atoms with van der Waals surface area (Å²) in [6.45, 7) is 18.2. The minimum atomic E-state index is -1.70. The van der Waals surface area contributed by atoms with Crippen molar-refractivity contribution in [1.82, 2.24) is 0 Å². The number of ketones is 1. The Labute approximate surface area is 267 Å².